The second kappa shape index (κ2) is 6.54. The minimum Gasteiger partial charge on any atom is -0.478 e. The van der Waals surface area contributed by atoms with Crippen molar-refractivity contribution in [3.63, 3.8) is 0 Å². The van der Waals surface area contributed by atoms with Crippen LogP contribution in [0.5, 0.6) is 0 Å². The van der Waals surface area contributed by atoms with Gasteiger partial charge in [-0.2, -0.15) is 0 Å². The van der Waals surface area contributed by atoms with Crippen molar-refractivity contribution in [2.45, 2.75) is 6.42 Å². The van der Waals surface area contributed by atoms with Crippen molar-refractivity contribution in [3.8, 4) is 0 Å². The van der Waals surface area contributed by atoms with Gasteiger partial charge in [0.25, 0.3) is 0 Å². The summed E-state index contributed by atoms with van der Waals surface area (Å²) in [5.74, 6) is -0.351. The zero-order chi connectivity index (χ0) is 14.5. The van der Waals surface area contributed by atoms with Gasteiger partial charge >= 0.3 is 5.97 Å². The van der Waals surface area contributed by atoms with Gasteiger partial charge in [-0.05, 0) is 30.7 Å². The van der Waals surface area contributed by atoms with Gasteiger partial charge in [-0.25, -0.2) is 9.78 Å². The van der Waals surface area contributed by atoms with Gasteiger partial charge in [-0.1, -0.05) is 11.6 Å². The molecule has 0 aliphatic heterocycles. The molecule has 0 radical (unpaired) electrons. The van der Waals surface area contributed by atoms with Crippen LogP contribution in [-0.2, 0) is 4.74 Å². The maximum Gasteiger partial charge on any atom is 0.337 e. The number of nitrogens with zero attached hydrogens (tertiary/aromatic N) is 1. The third-order valence-corrected chi connectivity index (χ3v) is 3.18. The third kappa shape index (κ3) is 3.18. The van der Waals surface area contributed by atoms with Crippen LogP contribution in [0.4, 0.5) is 5.82 Å². The van der Waals surface area contributed by atoms with E-state index in [-0.39, 0.29) is 10.6 Å². The van der Waals surface area contributed by atoms with Gasteiger partial charge in [0.15, 0.2) is 0 Å². The third-order valence-electron chi connectivity index (χ3n) is 2.87. The van der Waals surface area contributed by atoms with Crippen LogP contribution >= 0.6 is 11.6 Å². The molecule has 2 rings (SSSR count). The summed E-state index contributed by atoms with van der Waals surface area (Å²) in [7, 11) is 1.66. The maximum atomic E-state index is 11.2. The van der Waals surface area contributed by atoms with Crippen LogP contribution in [0.1, 0.15) is 16.8 Å². The summed E-state index contributed by atoms with van der Waals surface area (Å²) >= 11 is 5.92. The maximum absolute atomic E-state index is 11.2. The molecule has 1 aromatic carbocycles. The summed E-state index contributed by atoms with van der Waals surface area (Å²) < 4.78 is 4.96. The van der Waals surface area contributed by atoms with Crippen molar-refractivity contribution in [2.24, 2.45) is 0 Å². The Morgan fingerprint density at radius 3 is 2.90 bits per heavy atom. The second-order valence-electron chi connectivity index (χ2n) is 4.26. The molecule has 0 saturated carbocycles. The van der Waals surface area contributed by atoms with Gasteiger partial charge in [0.2, 0.25) is 0 Å². The Kier molecular flexibility index (Phi) is 4.76. The lowest BCUT2D eigenvalue weighted by molar-refractivity contribution is 0.0699. The minimum absolute atomic E-state index is 0.0857. The van der Waals surface area contributed by atoms with Crippen LogP contribution in [0.3, 0.4) is 0 Å². The fourth-order valence-corrected chi connectivity index (χ4v) is 2.17. The van der Waals surface area contributed by atoms with E-state index in [1.807, 2.05) is 0 Å². The molecule has 0 saturated heterocycles. The zero-order valence-corrected chi connectivity index (χ0v) is 11.8. The van der Waals surface area contributed by atoms with E-state index < -0.39 is 5.97 Å². The normalized spacial score (nSPS) is 10.7. The topological polar surface area (TPSA) is 71.5 Å². The first kappa shape index (κ1) is 14.6. The highest BCUT2D eigenvalue weighted by atomic mass is 35.5. The van der Waals surface area contributed by atoms with Crippen molar-refractivity contribution >= 4 is 34.3 Å². The highest BCUT2D eigenvalue weighted by Crippen LogP contribution is 2.26. The Hall–Kier alpha value is -1.85. The molecular weight excluding hydrogens is 280 g/mol. The predicted molar refractivity (Wildman–Crippen MR) is 78.7 cm³/mol. The number of rotatable bonds is 6. The number of carbonyl (C=O) groups is 1. The number of carboxylic acids is 1. The van der Waals surface area contributed by atoms with Crippen LogP contribution in [-0.4, -0.2) is 36.3 Å². The number of anilines is 1. The van der Waals surface area contributed by atoms with Crippen LogP contribution in [0, 0.1) is 0 Å². The highest BCUT2D eigenvalue weighted by Gasteiger charge is 2.14. The van der Waals surface area contributed by atoms with Gasteiger partial charge in [0, 0.05) is 25.6 Å². The van der Waals surface area contributed by atoms with E-state index >= 15 is 0 Å². The van der Waals surface area contributed by atoms with Gasteiger partial charge in [-0.15, -0.1) is 0 Å². The van der Waals surface area contributed by atoms with Crippen LogP contribution < -0.4 is 5.32 Å². The average molecular weight is 295 g/mol. The number of fused-ring (bicyclic) bond motifs is 1. The standard InChI is InChI=1S/C14H15ClN2O3/c1-20-8-2-7-16-12-6-3-9-11(17-12)5-4-10(15)13(9)14(18)19/h3-6H,2,7-8H2,1H3,(H,16,17)(H,18,19). The van der Waals surface area contributed by atoms with E-state index in [0.29, 0.717) is 23.3 Å². The van der Waals surface area contributed by atoms with Gasteiger partial charge in [0.05, 0.1) is 16.1 Å². The van der Waals surface area contributed by atoms with Crippen molar-refractivity contribution in [2.75, 3.05) is 25.6 Å². The molecule has 106 valence electrons. The monoisotopic (exact) mass is 294 g/mol. The largest absolute Gasteiger partial charge is 0.478 e. The Morgan fingerprint density at radius 1 is 1.40 bits per heavy atom. The molecule has 0 spiro atoms. The molecule has 2 N–H and O–H groups in total. The molecule has 0 aliphatic rings. The van der Waals surface area contributed by atoms with E-state index in [0.717, 1.165) is 13.0 Å². The molecule has 1 aromatic heterocycles. The molecule has 6 heteroatoms. The van der Waals surface area contributed by atoms with Crippen molar-refractivity contribution < 1.29 is 14.6 Å². The fourth-order valence-electron chi connectivity index (χ4n) is 1.93. The van der Waals surface area contributed by atoms with E-state index in [2.05, 4.69) is 10.3 Å². The summed E-state index contributed by atoms with van der Waals surface area (Å²) in [6.07, 6.45) is 0.872. The number of carboxylic acid groups (broad SMARTS) is 1. The molecule has 0 bridgehead atoms. The lowest BCUT2D eigenvalue weighted by atomic mass is 10.1. The number of nitrogens with one attached hydrogen (secondary N) is 1. The van der Waals surface area contributed by atoms with Gasteiger partial charge < -0.3 is 15.2 Å². The molecule has 0 unspecified atom stereocenters. The highest BCUT2D eigenvalue weighted by molar-refractivity contribution is 6.35. The van der Waals surface area contributed by atoms with Crippen LogP contribution in [0.25, 0.3) is 10.9 Å². The number of ether oxygens (including phenoxy) is 1. The number of hydrogen-bond donors (Lipinski definition) is 2. The quantitative estimate of drug-likeness (QED) is 0.801. The molecule has 0 atom stereocenters. The number of aromatic carboxylic acids is 1. The van der Waals surface area contributed by atoms with E-state index in [1.165, 1.54) is 0 Å². The van der Waals surface area contributed by atoms with Gasteiger partial charge in [-0.3, -0.25) is 0 Å². The van der Waals surface area contributed by atoms with E-state index in [9.17, 15) is 9.90 Å². The zero-order valence-electron chi connectivity index (χ0n) is 11.0. The van der Waals surface area contributed by atoms with Gasteiger partial charge in [0.1, 0.15) is 5.82 Å². The number of methoxy groups -OCH3 is 1. The molecular formula is C14H15ClN2O3. The lowest BCUT2D eigenvalue weighted by Gasteiger charge is -2.08. The number of aromatic nitrogens is 1. The first-order chi connectivity index (χ1) is 9.63. The van der Waals surface area contributed by atoms with Crippen LogP contribution in [0.15, 0.2) is 24.3 Å². The molecule has 1 heterocycles. The predicted octanol–water partition coefficient (Wildman–Crippen LogP) is 3.03. The molecule has 0 aliphatic carbocycles. The van der Waals surface area contributed by atoms with Crippen LogP contribution in [0.2, 0.25) is 5.02 Å². The van der Waals surface area contributed by atoms with Crippen molar-refractivity contribution in [1.29, 1.82) is 0 Å². The number of halogens is 1. The second-order valence-corrected chi connectivity index (χ2v) is 4.67. The number of pyridine rings is 1. The van der Waals surface area contributed by atoms with E-state index in [4.69, 9.17) is 16.3 Å². The number of benzene rings is 1. The minimum atomic E-state index is -1.05. The fraction of sp³-hybridized carbons (Fsp3) is 0.286. The first-order valence-electron chi connectivity index (χ1n) is 6.19. The Labute approximate surface area is 121 Å². The average Bonchev–Trinajstić information content (AvgIpc) is 2.43. The summed E-state index contributed by atoms with van der Waals surface area (Å²) in [6.45, 7) is 1.42. The van der Waals surface area contributed by atoms with E-state index in [1.54, 1.807) is 31.4 Å². The first-order valence-corrected chi connectivity index (χ1v) is 6.56. The Balaban J connectivity index is 2.27. The summed E-state index contributed by atoms with van der Waals surface area (Å²) in [5.41, 5.74) is 0.686. The van der Waals surface area contributed by atoms with Crippen molar-refractivity contribution in [1.82, 2.24) is 4.98 Å². The molecule has 0 fully saturated rings. The molecule has 5 nitrogen and oxygen atoms in total. The Morgan fingerprint density at radius 2 is 2.20 bits per heavy atom. The molecule has 2 aromatic rings. The molecule has 0 amide bonds. The Bertz CT molecular complexity index is 631. The van der Waals surface area contributed by atoms with Crippen molar-refractivity contribution in [3.05, 3.63) is 34.9 Å². The summed E-state index contributed by atoms with van der Waals surface area (Å²) in [6, 6.07) is 6.73. The summed E-state index contributed by atoms with van der Waals surface area (Å²) in [5, 5.41) is 13.1. The summed E-state index contributed by atoms with van der Waals surface area (Å²) in [4.78, 5) is 15.6. The SMILES string of the molecule is COCCCNc1ccc2c(C(=O)O)c(Cl)ccc2n1. The lowest BCUT2D eigenvalue weighted by Crippen LogP contribution is -2.06. The number of hydrogen-bond acceptors (Lipinski definition) is 4. The smallest absolute Gasteiger partial charge is 0.337 e. The molecule has 20 heavy (non-hydrogen) atoms.